The Morgan fingerprint density at radius 1 is 1.43 bits per heavy atom. The quantitative estimate of drug-likeness (QED) is 0.925. The number of nitrogens with one attached hydrogen (secondary N) is 1. The maximum absolute atomic E-state index is 12.1. The van der Waals surface area contributed by atoms with Crippen molar-refractivity contribution in [3.05, 3.63) is 22.7 Å². The second-order valence-corrected chi connectivity index (χ2v) is 6.36. The molecule has 2 atom stereocenters. The van der Waals surface area contributed by atoms with Crippen LogP contribution in [0.5, 0.6) is 0 Å². The maximum Gasteiger partial charge on any atom is 0.293 e. The molecule has 2 saturated carbocycles. The van der Waals surface area contributed by atoms with Gasteiger partial charge in [0, 0.05) is 37.5 Å². The minimum absolute atomic E-state index is 0.0525. The lowest BCUT2D eigenvalue weighted by atomic mass is 9.55. The van der Waals surface area contributed by atoms with E-state index in [1.807, 2.05) is 0 Å². The monoisotopic (exact) mass is 291 g/mol. The standard InChI is InChI=1S/C16H25N3O2/c1-3-21-13-11-12(16(13)7-5-4-6-8-16)18-14-15(20)19(2)10-9-17-14/h9-10,12-13H,3-8,11H2,1-2H3,(H,17,18). The maximum atomic E-state index is 12.1. The Balaban J connectivity index is 1.79. The van der Waals surface area contributed by atoms with Crippen LogP contribution in [-0.4, -0.2) is 28.3 Å². The topological polar surface area (TPSA) is 56.1 Å². The number of nitrogens with zero attached hydrogens (tertiary/aromatic N) is 2. The summed E-state index contributed by atoms with van der Waals surface area (Å²) in [5.41, 5.74) is 0.153. The van der Waals surface area contributed by atoms with E-state index in [1.165, 1.54) is 32.1 Å². The minimum atomic E-state index is -0.0525. The molecular weight excluding hydrogens is 266 g/mol. The first-order valence-electron chi connectivity index (χ1n) is 8.07. The van der Waals surface area contributed by atoms with Crippen molar-refractivity contribution in [3.8, 4) is 0 Å². The van der Waals surface area contributed by atoms with E-state index in [0.717, 1.165) is 13.0 Å². The van der Waals surface area contributed by atoms with Gasteiger partial charge in [-0.15, -0.1) is 0 Å². The van der Waals surface area contributed by atoms with Gasteiger partial charge in [-0.25, -0.2) is 4.98 Å². The summed E-state index contributed by atoms with van der Waals surface area (Å²) in [5, 5.41) is 3.41. The number of aryl methyl sites for hydroxylation is 1. The minimum Gasteiger partial charge on any atom is -0.378 e. The largest absolute Gasteiger partial charge is 0.378 e. The number of ether oxygens (including phenoxy) is 1. The highest BCUT2D eigenvalue weighted by Gasteiger charge is 2.55. The Morgan fingerprint density at radius 2 is 2.19 bits per heavy atom. The molecule has 0 aromatic carbocycles. The molecule has 116 valence electrons. The normalized spacial score (nSPS) is 27.3. The van der Waals surface area contributed by atoms with Crippen molar-refractivity contribution < 1.29 is 4.74 Å². The summed E-state index contributed by atoms with van der Waals surface area (Å²) in [4.78, 5) is 16.4. The third-order valence-electron chi connectivity index (χ3n) is 5.27. The van der Waals surface area contributed by atoms with Gasteiger partial charge in [0.2, 0.25) is 0 Å². The van der Waals surface area contributed by atoms with Crippen LogP contribution < -0.4 is 10.9 Å². The smallest absolute Gasteiger partial charge is 0.293 e. The zero-order chi connectivity index (χ0) is 14.9. The fraction of sp³-hybridized carbons (Fsp3) is 0.750. The molecule has 0 amide bonds. The molecule has 0 bridgehead atoms. The van der Waals surface area contributed by atoms with Crippen LogP contribution in [-0.2, 0) is 11.8 Å². The van der Waals surface area contributed by atoms with E-state index in [9.17, 15) is 4.79 Å². The predicted molar refractivity (Wildman–Crippen MR) is 82.4 cm³/mol. The molecule has 1 N–H and O–H groups in total. The zero-order valence-corrected chi connectivity index (χ0v) is 13.0. The van der Waals surface area contributed by atoms with Crippen LogP contribution in [0.3, 0.4) is 0 Å². The summed E-state index contributed by atoms with van der Waals surface area (Å²) in [5.74, 6) is 0.477. The Kier molecular flexibility index (Phi) is 4.02. The summed E-state index contributed by atoms with van der Waals surface area (Å²) < 4.78 is 7.52. The van der Waals surface area contributed by atoms with Gasteiger partial charge in [-0.1, -0.05) is 19.3 Å². The predicted octanol–water partition coefficient (Wildman–Crippen LogP) is 2.32. The number of hydrogen-bond acceptors (Lipinski definition) is 4. The lowest BCUT2D eigenvalue weighted by Gasteiger charge is -2.57. The van der Waals surface area contributed by atoms with Crippen LogP contribution in [0.4, 0.5) is 5.82 Å². The second kappa shape index (κ2) is 5.79. The van der Waals surface area contributed by atoms with Crippen molar-refractivity contribution in [2.24, 2.45) is 12.5 Å². The van der Waals surface area contributed by atoms with Gasteiger partial charge in [0.1, 0.15) is 0 Å². The fourth-order valence-electron chi connectivity index (χ4n) is 4.03. The lowest BCUT2D eigenvalue weighted by molar-refractivity contribution is -0.134. The van der Waals surface area contributed by atoms with E-state index in [2.05, 4.69) is 17.2 Å². The Hall–Kier alpha value is -1.36. The van der Waals surface area contributed by atoms with Crippen molar-refractivity contribution in [1.29, 1.82) is 0 Å². The average molecular weight is 291 g/mol. The third-order valence-corrected chi connectivity index (χ3v) is 5.27. The van der Waals surface area contributed by atoms with Gasteiger partial charge in [0.25, 0.3) is 5.56 Å². The number of anilines is 1. The molecule has 5 heteroatoms. The first-order chi connectivity index (χ1) is 10.2. The highest BCUT2D eigenvalue weighted by molar-refractivity contribution is 5.35. The molecule has 2 aliphatic carbocycles. The Morgan fingerprint density at radius 3 is 2.90 bits per heavy atom. The van der Waals surface area contributed by atoms with Gasteiger partial charge >= 0.3 is 0 Å². The van der Waals surface area contributed by atoms with Gasteiger partial charge in [-0.3, -0.25) is 4.79 Å². The van der Waals surface area contributed by atoms with Crippen LogP contribution in [0.15, 0.2) is 17.2 Å². The van der Waals surface area contributed by atoms with Crippen LogP contribution in [0.1, 0.15) is 45.4 Å². The van der Waals surface area contributed by atoms with Gasteiger partial charge in [0.05, 0.1) is 6.10 Å². The van der Waals surface area contributed by atoms with Crippen molar-refractivity contribution in [2.75, 3.05) is 11.9 Å². The second-order valence-electron chi connectivity index (χ2n) is 6.36. The van der Waals surface area contributed by atoms with E-state index in [0.29, 0.717) is 18.0 Å². The molecule has 1 aromatic rings. The first-order valence-corrected chi connectivity index (χ1v) is 8.07. The highest BCUT2D eigenvalue weighted by Crippen LogP contribution is 2.54. The summed E-state index contributed by atoms with van der Waals surface area (Å²) in [7, 11) is 1.76. The Labute approximate surface area is 125 Å². The zero-order valence-electron chi connectivity index (χ0n) is 13.0. The van der Waals surface area contributed by atoms with Gasteiger partial charge in [-0.05, 0) is 26.2 Å². The van der Waals surface area contributed by atoms with Crippen molar-refractivity contribution in [1.82, 2.24) is 9.55 Å². The molecule has 1 heterocycles. The van der Waals surface area contributed by atoms with E-state index in [4.69, 9.17) is 4.74 Å². The molecule has 21 heavy (non-hydrogen) atoms. The third kappa shape index (κ3) is 2.48. The lowest BCUT2D eigenvalue weighted by Crippen LogP contribution is -2.62. The molecular formula is C16H25N3O2. The van der Waals surface area contributed by atoms with Gasteiger partial charge < -0.3 is 14.6 Å². The average Bonchev–Trinajstić information content (AvgIpc) is 2.51. The van der Waals surface area contributed by atoms with Crippen LogP contribution in [0, 0.1) is 5.41 Å². The molecule has 0 aliphatic heterocycles. The first kappa shape index (κ1) is 14.6. The number of hydrogen-bond donors (Lipinski definition) is 1. The number of aromatic nitrogens is 2. The molecule has 5 nitrogen and oxygen atoms in total. The SMILES string of the molecule is CCOC1CC(Nc2nccn(C)c2=O)C12CCCCC2. The summed E-state index contributed by atoms with van der Waals surface area (Å²) in [6.07, 6.45) is 10.9. The molecule has 1 aromatic heterocycles. The summed E-state index contributed by atoms with van der Waals surface area (Å²) in [6.45, 7) is 2.83. The molecule has 0 radical (unpaired) electrons. The molecule has 3 rings (SSSR count). The summed E-state index contributed by atoms with van der Waals surface area (Å²) in [6, 6.07) is 0.317. The van der Waals surface area contributed by atoms with Crippen molar-refractivity contribution in [2.45, 2.75) is 57.6 Å². The molecule has 2 fully saturated rings. The highest BCUT2D eigenvalue weighted by atomic mass is 16.5. The van der Waals surface area contributed by atoms with E-state index >= 15 is 0 Å². The fourth-order valence-corrected chi connectivity index (χ4v) is 4.03. The molecule has 2 aliphatic rings. The van der Waals surface area contributed by atoms with E-state index < -0.39 is 0 Å². The van der Waals surface area contributed by atoms with E-state index in [-0.39, 0.29) is 11.0 Å². The van der Waals surface area contributed by atoms with Crippen LogP contribution >= 0.6 is 0 Å². The molecule has 1 spiro atoms. The molecule has 2 unspecified atom stereocenters. The van der Waals surface area contributed by atoms with Crippen LogP contribution in [0.2, 0.25) is 0 Å². The molecule has 0 saturated heterocycles. The van der Waals surface area contributed by atoms with Gasteiger partial charge in [-0.2, -0.15) is 0 Å². The van der Waals surface area contributed by atoms with Gasteiger partial charge in [0.15, 0.2) is 5.82 Å². The van der Waals surface area contributed by atoms with E-state index in [1.54, 1.807) is 24.0 Å². The van der Waals surface area contributed by atoms with Crippen molar-refractivity contribution >= 4 is 5.82 Å². The van der Waals surface area contributed by atoms with Crippen molar-refractivity contribution in [3.63, 3.8) is 0 Å². The summed E-state index contributed by atoms with van der Waals surface area (Å²) >= 11 is 0. The Bertz CT molecular complexity index is 549. The number of rotatable bonds is 4. The van der Waals surface area contributed by atoms with Crippen LogP contribution in [0.25, 0.3) is 0 Å².